The number of nitrogens with zero attached hydrogens (tertiary/aromatic N) is 1. The van der Waals surface area contributed by atoms with Gasteiger partial charge >= 0.3 is 6.18 Å². The fraction of sp³-hybridized carbons (Fsp3) is 0.455. The van der Waals surface area contributed by atoms with E-state index in [4.69, 9.17) is 5.73 Å². The largest absolute Gasteiger partial charge is 0.407 e. The summed E-state index contributed by atoms with van der Waals surface area (Å²) < 4.78 is 37.2. The van der Waals surface area contributed by atoms with E-state index in [2.05, 4.69) is 0 Å². The number of nitrogens with two attached hydrogens (primary N) is 1. The number of alkyl halides is 3. The van der Waals surface area contributed by atoms with Crippen LogP contribution in [0.4, 0.5) is 13.2 Å². The van der Waals surface area contributed by atoms with E-state index in [1.165, 1.54) is 12.1 Å². The smallest absolute Gasteiger partial charge is 0.316 e. The van der Waals surface area contributed by atoms with Crippen LogP contribution in [0.15, 0.2) is 24.3 Å². The third-order valence-corrected chi connectivity index (χ3v) is 2.16. The van der Waals surface area contributed by atoms with Crippen molar-refractivity contribution in [3.8, 4) is 0 Å². The standard InChI is InChI=1S/C11H15F3N2/c1-16(2)7-8-4-3-5-9(6-8)10(15)11(12,13)14/h3-6,10H,7,15H2,1-2H3/t10-/m1/s1. The van der Waals surface area contributed by atoms with Crippen molar-refractivity contribution in [2.45, 2.75) is 18.8 Å². The number of rotatable bonds is 3. The molecule has 16 heavy (non-hydrogen) atoms. The highest BCUT2D eigenvalue weighted by Gasteiger charge is 2.37. The Morgan fingerprint density at radius 3 is 2.44 bits per heavy atom. The zero-order valence-electron chi connectivity index (χ0n) is 9.25. The van der Waals surface area contributed by atoms with E-state index in [1.54, 1.807) is 12.1 Å². The number of benzene rings is 1. The van der Waals surface area contributed by atoms with Gasteiger partial charge in [-0.25, -0.2) is 0 Å². The fourth-order valence-electron chi connectivity index (χ4n) is 1.44. The fourth-order valence-corrected chi connectivity index (χ4v) is 1.44. The quantitative estimate of drug-likeness (QED) is 0.866. The highest BCUT2D eigenvalue weighted by Crippen LogP contribution is 2.30. The summed E-state index contributed by atoms with van der Waals surface area (Å²) in [6.45, 7) is 0.596. The summed E-state index contributed by atoms with van der Waals surface area (Å²) in [4.78, 5) is 1.89. The first-order valence-corrected chi connectivity index (χ1v) is 4.86. The average molecular weight is 232 g/mol. The van der Waals surface area contributed by atoms with Crippen molar-refractivity contribution in [2.24, 2.45) is 5.73 Å². The van der Waals surface area contributed by atoms with Gasteiger partial charge in [0.05, 0.1) is 0 Å². The molecule has 2 N–H and O–H groups in total. The van der Waals surface area contributed by atoms with Gasteiger partial charge < -0.3 is 10.6 Å². The maximum Gasteiger partial charge on any atom is 0.407 e. The van der Waals surface area contributed by atoms with Crippen LogP contribution in [0.5, 0.6) is 0 Å². The first-order chi connectivity index (χ1) is 7.30. The molecule has 0 spiro atoms. The predicted molar refractivity (Wildman–Crippen MR) is 56.8 cm³/mol. The minimum atomic E-state index is -4.39. The van der Waals surface area contributed by atoms with Gasteiger partial charge in [-0.3, -0.25) is 0 Å². The molecular formula is C11H15F3N2. The van der Waals surface area contributed by atoms with Crippen LogP contribution in [-0.2, 0) is 6.54 Å². The molecule has 5 heteroatoms. The minimum Gasteiger partial charge on any atom is -0.316 e. The third-order valence-electron chi connectivity index (χ3n) is 2.16. The van der Waals surface area contributed by atoms with Gasteiger partial charge in [-0.2, -0.15) is 13.2 Å². The molecule has 0 heterocycles. The van der Waals surface area contributed by atoms with E-state index in [0.717, 1.165) is 5.56 Å². The van der Waals surface area contributed by atoms with Gasteiger partial charge in [0, 0.05) is 6.54 Å². The molecule has 0 aliphatic rings. The van der Waals surface area contributed by atoms with E-state index in [-0.39, 0.29) is 5.56 Å². The molecule has 0 amide bonds. The molecule has 90 valence electrons. The van der Waals surface area contributed by atoms with E-state index >= 15 is 0 Å². The summed E-state index contributed by atoms with van der Waals surface area (Å²) in [5.41, 5.74) is 6.06. The molecule has 1 atom stereocenters. The summed E-state index contributed by atoms with van der Waals surface area (Å²) in [5, 5.41) is 0. The van der Waals surface area contributed by atoms with E-state index in [9.17, 15) is 13.2 Å². The number of hydrogen-bond acceptors (Lipinski definition) is 2. The van der Waals surface area contributed by atoms with Crippen LogP contribution in [0.3, 0.4) is 0 Å². The minimum absolute atomic E-state index is 0.104. The monoisotopic (exact) mass is 232 g/mol. The van der Waals surface area contributed by atoms with E-state index in [0.29, 0.717) is 6.54 Å². The topological polar surface area (TPSA) is 29.3 Å². The summed E-state index contributed by atoms with van der Waals surface area (Å²) in [6.07, 6.45) is -4.39. The molecule has 1 rings (SSSR count). The van der Waals surface area contributed by atoms with Crippen molar-refractivity contribution in [1.82, 2.24) is 4.90 Å². The molecule has 2 nitrogen and oxygen atoms in total. The lowest BCUT2D eigenvalue weighted by molar-refractivity contribution is -0.149. The summed E-state index contributed by atoms with van der Waals surface area (Å²) >= 11 is 0. The van der Waals surface area contributed by atoms with Gasteiger partial charge in [0.1, 0.15) is 6.04 Å². The molecule has 0 saturated heterocycles. The second-order valence-corrected chi connectivity index (χ2v) is 4.00. The highest BCUT2D eigenvalue weighted by atomic mass is 19.4. The van der Waals surface area contributed by atoms with Crippen LogP contribution in [0.1, 0.15) is 17.2 Å². The van der Waals surface area contributed by atoms with E-state index in [1.807, 2.05) is 19.0 Å². The summed E-state index contributed by atoms with van der Waals surface area (Å²) in [7, 11) is 3.72. The molecule has 0 saturated carbocycles. The molecule has 0 fully saturated rings. The van der Waals surface area contributed by atoms with Gasteiger partial charge in [-0.15, -0.1) is 0 Å². The Kier molecular flexibility index (Phi) is 3.93. The lowest BCUT2D eigenvalue weighted by Crippen LogP contribution is -2.28. The Labute approximate surface area is 92.9 Å². The molecule has 0 unspecified atom stereocenters. The molecule has 0 aromatic heterocycles. The highest BCUT2D eigenvalue weighted by molar-refractivity contribution is 5.26. The van der Waals surface area contributed by atoms with Crippen LogP contribution < -0.4 is 5.73 Å². The first kappa shape index (κ1) is 13.0. The van der Waals surface area contributed by atoms with Crippen LogP contribution in [0.25, 0.3) is 0 Å². The molecule has 1 aromatic carbocycles. The zero-order valence-corrected chi connectivity index (χ0v) is 9.25. The maximum absolute atomic E-state index is 12.4. The van der Waals surface area contributed by atoms with Crippen LogP contribution in [0, 0.1) is 0 Å². The molecular weight excluding hydrogens is 217 g/mol. The van der Waals surface area contributed by atoms with Crippen molar-refractivity contribution >= 4 is 0 Å². The van der Waals surface area contributed by atoms with Crippen molar-refractivity contribution < 1.29 is 13.2 Å². The van der Waals surface area contributed by atoms with Gasteiger partial charge in [0.15, 0.2) is 0 Å². The van der Waals surface area contributed by atoms with E-state index < -0.39 is 12.2 Å². The Bertz CT molecular complexity index is 347. The van der Waals surface area contributed by atoms with Crippen molar-refractivity contribution in [3.63, 3.8) is 0 Å². The predicted octanol–water partition coefficient (Wildman–Crippen LogP) is 2.31. The van der Waals surface area contributed by atoms with Crippen molar-refractivity contribution in [1.29, 1.82) is 0 Å². The Balaban J connectivity index is 2.90. The van der Waals surface area contributed by atoms with Gasteiger partial charge in [0.2, 0.25) is 0 Å². The van der Waals surface area contributed by atoms with Crippen molar-refractivity contribution in [3.05, 3.63) is 35.4 Å². The first-order valence-electron chi connectivity index (χ1n) is 4.86. The van der Waals surface area contributed by atoms with Crippen molar-refractivity contribution in [2.75, 3.05) is 14.1 Å². The maximum atomic E-state index is 12.4. The van der Waals surface area contributed by atoms with Crippen LogP contribution in [0.2, 0.25) is 0 Å². The van der Waals surface area contributed by atoms with Gasteiger partial charge in [0.25, 0.3) is 0 Å². The second kappa shape index (κ2) is 4.84. The zero-order chi connectivity index (χ0) is 12.3. The van der Waals surface area contributed by atoms with Crippen LogP contribution in [-0.4, -0.2) is 25.2 Å². The molecule has 0 aliphatic heterocycles. The summed E-state index contributed by atoms with van der Waals surface area (Å²) in [6, 6.07) is 4.37. The SMILES string of the molecule is CN(C)Cc1cccc([C@@H](N)C(F)(F)F)c1. The summed E-state index contributed by atoms with van der Waals surface area (Å²) in [5.74, 6) is 0. The molecule has 0 aliphatic carbocycles. The average Bonchev–Trinajstić information content (AvgIpc) is 2.14. The normalized spacial score (nSPS) is 14.2. The molecule has 0 bridgehead atoms. The molecule has 0 radical (unpaired) electrons. The third kappa shape index (κ3) is 3.50. The number of hydrogen-bond donors (Lipinski definition) is 1. The lowest BCUT2D eigenvalue weighted by Gasteiger charge is -2.17. The Hall–Kier alpha value is -1.07. The lowest BCUT2D eigenvalue weighted by atomic mass is 10.0. The Morgan fingerprint density at radius 2 is 1.94 bits per heavy atom. The Morgan fingerprint density at radius 1 is 1.31 bits per heavy atom. The molecule has 1 aromatic rings. The van der Waals surface area contributed by atoms with Crippen LogP contribution >= 0.6 is 0 Å². The van der Waals surface area contributed by atoms with Gasteiger partial charge in [-0.05, 0) is 25.2 Å². The second-order valence-electron chi connectivity index (χ2n) is 4.00. The number of halogens is 3. The van der Waals surface area contributed by atoms with Gasteiger partial charge in [-0.1, -0.05) is 24.3 Å².